The van der Waals surface area contributed by atoms with Crippen molar-refractivity contribution < 1.29 is 9.53 Å². The van der Waals surface area contributed by atoms with E-state index in [-0.39, 0.29) is 5.91 Å². The number of aromatic nitrogens is 2. The van der Waals surface area contributed by atoms with Gasteiger partial charge in [-0.1, -0.05) is 66.7 Å². The van der Waals surface area contributed by atoms with E-state index in [4.69, 9.17) is 14.9 Å². The summed E-state index contributed by atoms with van der Waals surface area (Å²) < 4.78 is 7.18. The number of hydrazone groups is 1. The molecule has 1 aliphatic rings. The van der Waals surface area contributed by atoms with Gasteiger partial charge in [0, 0.05) is 22.9 Å². The molecule has 0 radical (unpaired) electrons. The molecule has 184 valence electrons. The highest BCUT2D eigenvalue weighted by molar-refractivity contribution is 6.37. The zero-order valence-corrected chi connectivity index (χ0v) is 20.7. The predicted octanol–water partition coefficient (Wildman–Crippen LogP) is 6.38. The fourth-order valence-electron chi connectivity index (χ4n) is 4.43. The minimum atomic E-state index is -0.191. The Labute approximate surface area is 220 Å². The second-order valence-electron chi connectivity index (χ2n) is 8.77. The number of hydrogen-bond donors (Lipinski definition) is 0. The van der Waals surface area contributed by atoms with E-state index in [9.17, 15) is 4.79 Å². The molecule has 4 aromatic carbocycles. The predicted molar refractivity (Wildman–Crippen MR) is 150 cm³/mol. The van der Waals surface area contributed by atoms with Crippen LogP contribution < -0.4 is 9.75 Å². The Morgan fingerprint density at radius 1 is 0.711 bits per heavy atom. The van der Waals surface area contributed by atoms with Gasteiger partial charge in [-0.05, 0) is 54.6 Å². The summed E-state index contributed by atoms with van der Waals surface area (Å²) in [5, 5.41) is 11.1. The summed E-state index contributed by atoms with van der Waals surface area (Å²) in [6, 6.07) is 36.9. The highest BCUT2D eigenvalue weighted by atomic mass is 16.5. The summed E-state index contributed by atoms with van der Waals surface area (Å²) in [7, 11) is 1.64. The van der Waals surface area contributed by atoms with Gasteiger partial charge in [-0.15, -0.1) is 0 Å². The van der Waals surface area contributed by atoms with Crippen LogP contribution in [0.15, 0.2) is 132 Å². The summed E-state index contributed by atoms with van der Waals surface area (Å²) in [6.07, 6.45) is 3.84. The second kappa shape index (κ2) is 10.0. The van der Waals surface area contributed by atoms with Gasteiger partial charge in [-0.2, -0.15) is 15.2 Å². The Balaban J connectivity index is 1.51. The third kappa shape index (κ3) is 4.40. The molecule has 0 saturated heterocycles. The minimum absolute atomic E-state index is 0.191. The first-order valence-electron chi connectivity index (χ1n) is 12.3. The first-order valence-corrected chi connectivity index (χ1v) is 12.3. The number of ether oxygens (including phenoxy) is 1. The molecule has 0 spiro atoms. The third-order valence-electron chi connectivity index (χ3n) is 6.35. The van der Waals surface area contributed by atoms with Gasteiger partial charge < -0.3 is 4.74 Å². The van der Waals surface area contributed by atoms with Crippen LogP contribution in [0.3, 0.4) is 0 Å². The number of carbonyl (C=O) groups excluding carboxylic acids is 1. The van der Waals surface area contributed by atoms with Crippen LogP contribution in [0.4, 0.5) is 5.69 Å². The molecule has 1 aliphatic heterocycles. The summed E-state index contributed by atoms with van der Waals surface area (Å²) in [4.78, 5) is 13.8. The molecule has 5 aromatic rings. The van der Waals surface area contributed by atoms with Gasteiger partial charge in [-0.3, -0.25) is 4.79 Å². The lowest BCUT2D eigenvalue weighted by Gasteiger charge is -2.10. The normalized spacial score (nSPS) is 14.1. The maximum Gasteiger partial charge on any atom is 0.281 e. The number of carbonyl (C=O) groups is 1. The number of benzene rings is 4. The molecular weight excluding hydrogens is 472 g/mol. The summed E-state index contributed by atoms with van der Waals surface area (Å²) in [5.41, 5.74) is 6.10. The van der Waals surface area contributed by atoms with E-state index in [1.165, 1.54) is 5.01 Å². The van der Waals surface area contributed by atoms with Crippen LogP contribution in [0.2, 0.25) is 0 Å². The van der Waals surface area contributed by atoms with Gasteiger partial charge in [0.1, 0.15) is 11.5 Å². The van der Waals surface area contributed by atoms with Crippen molar-refractivity contribution in [2.24, 2.45) is 5.10 Å². The van der Waals surface area contributed by atoms with E-state index in [1.807, 2.05) is 132 Å². The SMILES string of the molecule is COc1ccc(-c2nn(-c3ccccc3)cc2C=C2C(=O)N(c3ccccc3)N=C2c2ccccc2)cc1. The molecule has 6 heteroatoms. The summed E-state index contributed by atoms with van der Waals surface area (Å²) in [5.74, 6) is 0.572. The molecule has 0 aliphatic carbocycles. The Hall–Kier alpha value is -5.23. The van der Waals surface area contributed by atoms with Gasteiger partial charge >= 0.3 is 0 Å². The van der Waals surface area contributed by atoms with E-state index < -0.39 is 0 Å². The topological polar surface area (TPSA) is 59.7 Å². The van der Waals surface area contributed by atoms with Gasteiger partial charge in [0.15, 0.2) is 0 Å². The van der Waals surface area contributed by atoms with Crippen molar-refractivity contribution in [3.05, 3.63) is 138 Å². The molecule has 1 aromatic heterocycles. The lowest BCUT2D eigenvalue weighted by molar-refractivity contribution is -0.114. The van der Waals surface area contributed by atoms with E-state index in [0.29, 0.717) is 17.0 Å². The first-order chi connectivity index (χ1) is 18.7. The van der Waals surface area contributed by atoms with Crippen molar-refractivity contribution in [3.63, 3.8) is 0 Å². The van der Waals surface area contributed by atoms with Crippen molar-refractivity contribution in [2.45, 2.75) is 0 Å². The fraction of sp³-hybridized carbons (Fsp3) is 0.0312. The maximum absolute atomic E-state index is 13.8. The van der Waals surface area contributed by atoms with Crippen LogP contribution in [0.1, 0.15) is 11.1 Å². The molecule has 2 heterocycles. The number of para-hydroxylation sites is 2. The van der Waals surface area contributed by atoms with Crippen molar-refractivity contribution in [1.29, 1.82) is 0 Å². The lowest BCUT2D eigenvalue weighted by Crippen LogP contribution is -2.21. The van der Waals surface area contributed by atoms with Gasteiger partial charge in [0.2, 0.25) is 0 Å². The molecular formula is C32H24N4O2. The second-order valence-corrected chi connectivity index (χ2v) is 8.77. The molecule has 6 nitrogen and oxygen atoms in total. The summed E-state index contributed by atoms with van der Waals surface area (Å²) in [6.45, 7) is 0. The van der Waals surface area contributed by atoms with Crippen LogP contribution >= 0.6 is 0 Å². The molecule has 0 unspecified atom stereocenters. The average molecular weight is 497 g/mol. The van der Waals surface area contributed by atoms with E-state index in [1.54, 1.807) is 7.11 Å². The Morgan fingerprint density at radius 3 is 1.95 bits per heavy atom. The number of amides is 1. The maximum atomic E-state index is 13.8. The van der Waals surface area contributed by atoms with Gasteiger partial charge in [0.25, 0.3) is 5.91 Å². The van der Waals surface area contributed by atoms with Gasteiger partial charge in [-0.25, -0.2) is 4.68 Å². The molecule has 38 heavy (non-hydrogen) atoms. The fourth-order valence-corrected chi connectivity index (χ4v) is 4.43. The van der Waals surface area contributed by atoms with E-state index in [0.717, 1.165) is 33.8 Å². The first kappa shape index (κ1) is 23.2. The molecule has 1 amide bonds. The number of anilines is 1. The van der Waals surface area contributed by atoms with Crippen LogP contribution in [-0.4, -0.2) is 28.5 Å². The van der Waals surface area contributed by atoms with Crippen molar-refractivity contribution in [2.75, 3.05) is 12.1 Å². The zero-order chi connectivity index (χ0) is 25.9. The molecule has 0 N–H and O–H groups in total. The Morgan fingerprint density at radius 2 is 1.32 bits per heavy atom. The smallest absolute Gasteiger partial charge is 0.281 e. The van der Waals surface area contributed by atoms with E-state index >= 15 is 0 Å². The number of hydrogen-bond acceptors (Lipinski definition) is 4. The minimum Gasteiger partial charge on any atom is -0.497 e. The van der Waals surface area contributed by atoms with Crippen LogP contribution in [0.5, 0.6) is 5.75 Å². The van der Waals surface area contributed by atoms with Crippen LogP contribution in [-0.2, 0) is 4.79 Å². The van der Waals surface area contributed by atoms with Crippen molar-refractivity contribution in [3.8, 4) is 22.7 Å². The molecule has 0 fully saturated rings. The van der Waals surface area contributed by atoms with E-state index in [2.05, 4.69) is 0 Å². The number of rotatable bonds is 6. The van der Waals surface area contributed by atoms with Crippen molar-refractivity contribution >= 4 is 23.4 Å². The Bertz CT molecular complexity index is 1640. The quantitative estimate of drug-likeness (QED) is 0.256. The standard InChI is InChI=1S/C32H24N4O2/c1-38-28-19-17-24(18-20-28)30-25(22-35(33-30)26-13-7-3-8-14-26)21-29-31(23-11-5-2-6-12-23)34-36(32(29)37)27-15-9-4-10-16-27/h2-22H,1H3. The van der Waals surface area contributed by atoms with Crippen LogP contribution in [0, 0.1) is 0 Å². The average Bonchev–Trinajstić information content (AvgIpc) is 3.56. The zero-order valence-electron chi connectivity index (χ0n) is 20.7. The molecule has 6 rings (SSSR count). The van der Waals surface area contributed by atoms with Gasteiger partial charge in [0.05, 0.1) is 29.8 Å². The highest BCUT2D eigenvalue weighted by Crippen LogP contribution is 2.31. The number of nitrogens with zero attached hydrogens (tertiary/aromatic N) is 4. The largest absolute Gasteiger partial charge is 0.497 e. The molecule has 0 atom stereocenters. The third-order valence-corrected chi connectivity index (χ3v) is 6.35. The molecule has 0 bridgehead atoms. The lowest BCUT2D eigenvalue weighted by atomic mass is 9.99. The highest BCUT2D eigenvalue weighted by Gasteiger charge is 2.32. The summed E-state index contributed by atoms with van der Waals surface area (Å²) >= 11 is 0. The monoisotopic (exact) mass is 496 g/mol. The Kier molecular flexibility index (Phi) is 6.12. The van der Waals surface area contributed by atoms with Crippen LogP contribution in [0.25, 0.3) is 23.0 Å². The number of methoxy groups -OCH3 is 1. The molecule has 0 saturated carbocycles. The van der Waals surface area contributed by atoms with Crippen molar-refractivity contribution in [1.82, 2.24) is 9.78 Å².